The van der Waals surface area contributed by atoms with Gasteiger partial charge in [0, 0.05) is 30.2 Å². The summed E-state index contributed by atoms with van der Waals surface area (Å²) in [4.78, 5) is 29.2. The van der Waals surface area contributed by atoms with Crippen molar-refractivity contribution in [1.29, 1.82) is 0 Å². The van der Waals surface area contributed by atoms with Crippen molar-refractivity contribution in [3.05, 3.63) is 55.3 Å². The normalized spacial score (nSPS) is 10.2. The van der Waals surface area contributed by atoms with Gasteiger partial charge in [-0.15, -0.1) is 13.2 Å². The summed E-state index contributed by atoms with van der Waals surface area (Å²) in [6.45, 7) is 7.78. The lowest BCUT2D eigenvalue weighted by Gasteiger charge is -2.17. The van der Waals surface area contributed by atoms with E-state index in [1.54, 1.807) is 43.7 Å². The zero-order valence-corrected chi connectivity index (χ0v) is 12.5. The number of nitrogens with zero attached hydrogens (tertiary/aromatic N) is 1. The molecule has 0 fully saturated rings. The summed E-state index contributed by atoms with van der Waals surface area (Å²) >= 11 is 0. The van der Waals surface area contributed by atoms with Gasteiger partial charge in [0.15, 0.2) is 0 Å². The van der Waals surface area contributed by atoms with Gasteiger partial charge in [0.05, 0.1) is 12.7 Å². The lowest BCUT2D eigenvalue weighted by molar-refractivity contribution is -0.125. The minimum atomic E-state index is -0.580. The highest BCUT2D eigenvalue weighted by Crippen LogP contribution is 2.24. The van der Waals surface area contributed by atoms with Crippen LogP contribution in [0.25, 0.3) is 10.9 Å². The Morgan fingerprint density at radius 1 is 1.27 bits per heavy atom. The molecule has 0 radical (unpaired) electrons. The third-order valence-corrected chi connectivity index (χ3v) is 3.31. The molecule has 1 heterocycles. The Balaban J connectivity index is 2.37. The Kier molecular flexibility index (Phi) is 4.78. The second-order valence-corrected chi connectivity index (χ2v) is 4.73. The Morgan fingerprint density at radius 3 is 2.55 bits per heavy atom. The quantitative estimate of drug-likeness (QED) is 0.485. The number of nitrogens with one attached hydrogen (secondary N) is 1. The molecule has 114 valence electrons. The fourth-order valence-electron chi connectivity index (χ4n) is 2.23. The number of methoxy groups -OCH3 is 1. The third kappa shape index (κ3) is 2.93. The number of ether oxygens (including phenoxy) is 1. The summed E-state index contributed by atoms with van der Waals surface area (Å²) in [5.74, 6) is -0.519. The molecule has 0 spiro atoms. The zero-order chi connectivity index (χ0) is 16.1. The van der Waals surface area contributed by atoms with Gasteiger partial charge in [0.2, 0.25) is 0 Å². The molecule has 0 unspecified atom stereocenters. The van der Waals surface area contributed by atoms with Crippen LogP contribution in [0.1, 0.15) is 10.4 Å². The van der Waals surface area contributed by atoms with Gasteiger partial charge in [0.25, 0.3) is 11.7 Å². The summed E-state index contributed by atoms with van der Waals surface area (Å²) in [7, 11) is 1.55. The smallest absolute Gasteiger partial charge is 0.295 e. The van der Waals surface area contributed by atoms with Crippen LogP contribution in [0.2, 0.25) is 0 Å². The number of fused-ring (bicyclic) bond motifs is 1. The second kappa shape index (κ2) is 6.76. The summed E-state index contributed by atoms with van der Waals surface area (Å²) in [6.07, 6.45) is 4.70. The SMILES string of the molecule is C=CCN(CC=C)C(=O)C(=O)c1c[nH]c2ccc(OC)cc12. The highest BCUT2D eigenvalue weighted by atomic mass is 16.5. The number of aromatic nitrogens is 1. The molecule has 2 rings (SSSR count). The van der Waals surface area contributed by atoms with Crippen molar-refractivity contribution in [2.75, 3.05) is 20.2 Å². The summed E-state index contributed by atoms with van der Waals surface area (Å²) < 4.78 is 5.16. The number of carbonyl (C=O) groups is 2. The first kappa shape index (κ1) is 15.6. The molecule has 0 aliphatic rings. The minimum Gasteiger partial charge on any atom is -0.497 e. The van der Waals surface area contributed by atoms with E-state index in [1.807, 2.05) is 0 Å². The topological polar surface area (TPSA) is 62.4 Å². The molecule has 0 atom stereocenters. The lowest BCUT2D eigenvalue weighted by Crippen LogP contribution is -2.36. The van der Waals surface area contributed by atoms with E-state index in [0.717, 1.165) is 5.52 Å². The molecule has 1 N–H and O–H groups in total. The van der Waals surface area contributed by atoms with E-state index in [-0.39, 0.29) is 0 Å². The lowest BCUT2D eigenvalue weighted by atomic mass is 10.1. The number of carbonyl (C=O) groups excluding carboxylic acids is 2. The van der Waals surface area contributed by atoms with Crippen LogP contribution in [0.15, 0.2) is 49.7 Å². The molecule has 0 saturated carbocycles. The van der Waals surface area contributed by atoms with Crippen molar-refractivity contribution in [3.63, 3.8) is 0 Å². The van der Waals surface area contributed by atoms with Gasteiger partial charge >= 0.3 is 0 Å². The van der Waals surface area contributed by atoms with Crippen LogP contribution in [-0.4, -0.2) is 41.8 Å². The highest BCUT2D eigenvalue weighted by Gasteiger charge is 2.24. The fourth-order valence-corrected chi connectivity index (χ4v) is 2.23. The summed E-state index contributed by atoms with van der Waals surface area (Å²) in [6, 6.07) is 5.33. The van der Waals surface area contributed by atoms with Crippen LogP contribution in [-0.2, 0) is 4.79 Å². The van der Waals surface area contributed by atoms with Gasteiger partial charge in [-0.1, -0.05) is 12.2 Å². The van der Waals surface area contributed by atoms with E-state index in [4.69, 9.17) is 4.74 Å². The van der Waals surface area contributed by atoms with Crippen LogP contribution >= 0.6 is 0 Å². The van der Waals surface area contributed by atoms with Crippen molar-refractivity contribution < 1.29 is 14.3 Å². The molecule has 0 saturated heterocycles. The summed E-state index contributed by atoms with van der Waals surface area (Å²) in [5.41, 5.74) is 1.10. The number of hydrogen-bond donors (Lipinski definition) is 1. The number of rotatable bonds is 7. The number of H-pyrrole nitrogens is 1. The predicted octanol–water partition coefficient (Wildman–Crippen LogP) is 2.56. The molecule has 1 aromatic heterocycles. The second-order valence-electron chi connectivity index (χ2n) is 4.73. The maximum atomic E-state index is 12.5. The molecule has 0 aliphatic carbocycles. The van der Waals surface area contributed by atoms with Gasteiger partial charge in [-0.25, -0.2) is 0 Å². The largest absolute Gasteiger partial charge is 0.497 e. The first-order chi connectivity index (χ1) is 10.6. The van der Waals surface area contributed by atoms with Crippen LogP contribution in [0.5, 0.6) is 5.75 Å². The molecule has 5 nitrogen and oxygen atoms in total. The minimum absolute atomic E-state index is 0.294. The van der Waals surface area contributed by atoms with Gasteiger partial charge in [-0.2, -0.15) is 0 Å². The number of benzene rings is 1. The predicted molar refractivity (Wildman–Crippen MR) is 86.2 cm³/mol. The Hall–Kier alpha value is -2.82. The van der Waals surface area contributed by atoms with E-state index < -0.39 is 11.7 Å². The van der Waals surface area contributed by atoms with E-state index in [1.165, 1.54) is 4.90 Å². The first-order valence-electron chi connectivity index (χ1n) is 6.83. The van der Waals surface area contributed by atoms with E-state index in [9.17, 15) is 9.59 Å². The van der Waals surface area contributed by atoms with E-state index in [0.29, 0.717) is 29.8 Å². The Bertz CT molecular complexity index is 721. The molecule has 0 aliphatic heterocycles. The van der Waals surface area contributed by atoms with Crippen molar-refractivity contribution in [2.24, 2.45) is 0 Å². The van der Waals surface area contributed by atoms with Crippen molar-refractivity contribution >= 4 is 22.6 Å². The highest BCUT2D eigenvalue weighted by molar-refractivity contribution is 6.44. The molecule has 2 aromatic rings. The third-order valence-electron chi connectivity index (χ3n) is 3.31. The molecule has 22 heavy (non-hydrogen) atoms. The molecule has 1 aromatic carbocycles. The van der Waals surface area contributed by atoms with Gasteiger partial charge in [0.1, 0.15) is 5.75 Å². The molecule has 1 amide bonds. The van der Waals surface area contributed by atoms with Gasteiger partial charge in [-0.3, -0.25) is 9.59 Å². The molecule has 5 heteroatoms. The number of ketones is 1. The molecular formula is C17H18N2O3. The number of aromatic amines is 1. The van der Waals surface area contributed by atoms with Crippen LogP contribution in [0.4, 0.5) is 0 Å². The van der Waals surface area contributed by atoms with Crippen molar-refractivity contribution in [2.45, 2.75) is 0 Å². The van der Waals surface area contributed by atoms with Crippen LogP contribution < -0.4 is 4.74 Å². The number of hydrogen-bond acceptors (Lipinski definition) is 3. The number of Topliss-reactive ketones (excluding diaryl/α,β-unsaturated/α-hetero) is 1. The van der Waals surface area contributed by atoms with Gasteiger partial charge < -0.3 is 14.6 Å². The van der Waals surface area contributed by atoms with Gasteiger partial charge in [-0.05, 0) is 18.2 Å². The first-order valence-corrected chi connectivity index (χ1v) is 6.83. The molecule has 0 bridgehead atoms. The zero-order valence-electron chi connectivity index (χ0n) is 12.5. The molecular weight excluding hydrogens is 280 g/mol. The average molecular weight is 298 g/mol. The maximum absolute atomic E-state index is 12.5. The Labute approximate surface area is 128 Å². The van der Waals surface area contributed by atoms with E-state index in [2.05, 4.69) is 18.1 Å². The Morgan fingerprint density at radius 2 is 1.95 bits per heavy atom. The average Bonchev–Trinajstić information content (AvgIpc) is 2.96. The monoisotopic (exact) mass is 298 g/mol. The number of amides is 1. The van der Waals surface area contributed by atoms with Crippen molar-refractivity contribution in [1.82, 2.24) is 9.88 Å². The van der Waals surface area contributed by atoms with Crippen molar-refractivity contribution in [3.8, 4) is 5.75 Å². The van der Waals surface area contributed by atoms with Crippen LogP contribution in [0.3, 0.4) is 0 Å². The standard InChI is InChI=1S/C17H18N2O3/c1-4-8-19(9-5-2)17(21)16(20)14-11-18-15-7-6-12(22-3)10-13(14)15/h4-7,10-11,18H,1-2,8-9H2,3H3. The maximum Gasteiger partial charge on any atom is 0.295 e. The fraction of sp³-hybridized carbons (Fsp3) is 0.176. The summed E-state index contributed by atoms with van der Waals surface area (Å²) in [5, 5.41) is 0.662. The van der Waals surface area contributed by atoms with Crippen LogP contribution in [0, 0.1) is 0 Å². The van der Waals surface area contributed by atoms with E-state index >= 15 is 0 Å².